The van der Waals surface area contributed by atoms with Crippen molar-refractivity contribution in [3.63, 3.8) is 0 Å². The first-order valence-corrected chi connectivity index (χ1v) is 6.20. The minimum absolute atomic E-state index is 0.560. The normalized spacial score (nSPS) is 35.6. The van der Waals surface area contributed by atoms with Gasteiger partial charge in [-0.25, -0.2) is 0 Å². The quantitative estimate of drug-likeness (QED) is 0.655. The van der Waals surface area contributed by atoms with Gasteiger partial charge >= 0.3 is 0 Å². The minimum Gasteiger partial charge on any atom is -0.375 e. The van der Waals surface area contributed by atoms with Crippen LogP contribution in [0, 0.1) is 17.3 Å². The lowest BCUT2D eigenvalue weighted by Crippen LogP contribution is -2.42. The molecule has 2 bridgehead atoms. The zero-order chi connectivity index (χ0) is 10.3. The maximum atomic E-state index is 5.95. The summed E-state index contributed by atoms with van der Waals surface area (Å²) in [4.78, 5) is 0. The zero-order valence-electron chi connectivity index (χ0n) is 10.0. The van der Waals surface area contributed by atoms with Gasteiger partial charge in [-0.05, 0) is 42.9 Å². The Balaban J connectivity index is 2.20. The molecule has 82 valence electrons. The molecule has 0 aromatic rings. The van der Waals surface area contributed by atoms with Crippen LogP contribution in [0.15, 0.2) is 0 Å². The van der Waals surface area contributed by atoms with Crippen LogP contribution in [0.3, 0.4) is 0 Å². The standard InChI is InChI=1S/C13H24O/c1-9(2)13(10(3)4)7-11-5-6-12(8-13)14-11/h9-12H,5-8H2,1-4H3. The number of ether oxygens (including phenoxy) is 1. The topological polar surface area (TPSA) is 9.23 Å². The molecule has 0 N–H and O–H groups in total. The van der Waals surface area contributed by atoms with Crippen molar-refractivity contribution < 1.29 is 4.74 Å². The molecule has 2 unspecified atom stereocenters. The van der Waals surface area contributed by atoms with Crippen LogP contribution >= 0.6 is 0 Å². The van der Waals surface area contributed by atoms with E-state index in [1.165, 1.54) is 25.7 Å². The predicted octanol–water partition coefficient (Wildman–Crippen LogP) is 3.63. The Morgan fingerprint density at radius 3 is 1.71 bits per heavy atom. The molecule has 1 nitrogen and oxygen atoms in total. The van der Waals surface area contributed by atoms with E-state index in [2.05, 4.69) is 27.7 Å². The monoisotopic (exact) mass is 196 g/mol. The predicted molar refractivity (Wildman–Crippen MR) is 59.2 cm³/mol. The van der Waals surface area contributed by atoms with E-state index in [0.717, 1.165) is 11.8 Å². The Labute approximate surface area is 88.2 Å². The molecule has 14 heavy (non-hydrogen) atoms. The van der Waals surface area contributed by atoms with Crippen LogP contribution in [0.2, 0.25) is 0 Å². The number of hydrogen-bond acceptors (Lipinski definition) is 1. The van der Waals surface area contributed by atoms with Gasteiger partial charge in [0, 0.05) is 0 Å². The second kappa shape index (κ2) is 3.52. The first kappa shape index (κ1) is 10.5. The maximum Gasteiger partial charge on any atom is 0.0585 e. The molecule has 0 amide bonds. The highest BCUT2D eigenvalue weighted by Crippen LogP contribution is 2.52. The van der Waals surface area contributed by atoms with Gasteiger partial charge in [0.1, 0.15) is 0 Å². The first-order chi connectivity index (χ1) is 6.54. The Morgan fingerprint density at radius 1 is 0.929 bits per heavy atom. The fraction of sp³-hybridized carbons (Fsp3) is 1.00. The Kier molecular flexibility index (Phi) is 2.63. The van der Waals surface area contributed by atoms with Crippen molar-refractivity contribution in [2.24, 2.45) is 17.3 Å². The highest BCUT2D eigenvalue weighted by atomic mass is 16.5. The van der Waals surface area contributed by atoms with E-state index in [-0.39, 0.29) is 0 Å². The van der Waals surface area contributed by atoms with E-state index in [1.54, 1.807) is 0 Å². The molecule has 0 radical (unpaired) electrons. The first-order valence-electron chi connectivity index (χ1n) is 6.20. The molecule has 2 saturated heterocycles. The van der Waals surface area contributed by atoms with Gasteiger partial charge in [-0.1, -0.05) is 27.7 Å². The molecular weight excluding hydrogens is 172 g/mol. The Morgan fingerprint density at radius 2 is 1.36 bits per heavy atom. The fourth-order valence-electron chi connectivity index (χ4n) is 3.62. The van der Waals surface area contributed by atoms with E-state index >= 15 is 0 Å². The van der Waals surface area contributed by atoms with E-state index in [0.29, 0.717) is 17.6 Å². The van der Waals surface area contributed by atoms with Crippen LogP contribution in [-0.2, 0) is 4.74 Å². The number of hydrogen-bond donors (Lipinski definition) is 0. The maximum absolute atomic E-state index is 5.95. The third-order valence-corrected chi connectivity index (χ3v) is 4.71. The minimum atomic E-state index is 0.560. The summed E-state index contributed by atoms with van der Waals surface area (Å²) in [6.45, 7) is 9.57. The van der Waals surface area contributed by atoms with Crippen molar-refractivity contribution in [3.8, 4) is 0 Å². The number of rotatable bonds is 2. The lowest BCUT2D eigenvalue weighted by molar-refractivity contribution is -0.0957. The van der Waals surface area contributed by atoms with Crippen LogP contribution in [-0.4, -0.2) is 12.2 Å². The average molecular weight is 196 g/mol. The largest absolute Gasteiger partial charge is 0.375 e. The zero-order valence-corrected chi connectivity index (χ0v) is 10.0. The molecule has 2 rings (SSSR count). The van der Waals surface area contributed by atoms with Crippen molar-refractivity contribution in [1.29, 1.82) is 0 Å². The van der Waals surface area contributed by atoms with Gasteiger partial charge in [-0.15, -0.1) is 0 Å². The molecule has 1 heteroatoms. The smallest absolute Gasteiger partial charge is 0.0585 e. The molecule has 2 aliphatic heterocycles. The fourth-order valence-corrected chi connectivity index (χ4v) is 3.62. The lowest BCUT2D eigenvalue weighted by Gasteiger charge is -2.47. The summed E-state index contributed by atoms with van der Waals surface area (Å²) in [6.07, 6.45) is 6.40. The molecular formula is C13H24O. The molecule has 0 aromatic carbocycles. The van der Waals surface area contributed by atoms with E-state index in [1.807, 2.05) is 0 Å². The molecule has 2 aliphatic rings. The van der Waals surface area contributed by atoms with Gasteiger partial charge in [-0.3, -0.25) is 0 Å². The molecule has 0 saturated carbocycles. The van der Waals surface area contributed by atoms with Gasteiger partial charge in [0.2, 0.25) is 0 Å². The van der Waals surface area contributed by atoms with Crippen LogP contribution in [0.5, 0.6) is 0 Å². The highest BCUT2D eigenvalue weighted by Gasteiger charge is 2.47. The van der Waals surface area contributed by atoms with Crippen LogP contribution in [0.25, 0.3) is 0 Å². The lowest BCUT2D eigenvalue weighted by atomic mass is 9.63. The van der Waals surface area contributed by atoms with Crippen molar-refractivity contribution >= 4 is 0 Å². The summed E-state index contributed by atoms with van der Waals surface area (Å²) in [7, 11) is 0. The summed E-state index contributed by atoms with van der Waals surface area (Å²) in [6, 6.07) is 0. The molecule has 0 aromatic heterocycles. The van der Waals surface area contributed by atoms with Crippen molar-refractivity contribution in [2.45, 2.75) is 65.6 Å². The van der Waals surface area contributed by atoms with Crippen LogP contribution in [0.1, 0.15) is 53.4 Å². The summed E-state index contributed by atoms with van der Waals surface area (Å²) in [5.41, 5.74) is 0.560. The summed E-state index contributed by atoms with van der Waals surface area (Å²) >= 11 is 0. The molecule has 2 atom stereocenters. The van der Waals surface area contributed by atoms with Crippen LogP contribution in [0.4, 0.5) is 0 Å². The third kappa shape index (κ3) is 1.50. The SMILES string of the molecule is CC(C)C1(C(C)C)CC2CCC(C1)O2. The Bertz CT molecular complexity index is 185. The molecule has 0 aliphatic carbocycles. The molecule has 2 heterocycles. The van der Waals surface area contributed by atoms with Gasteiger partial charge in [0.25, 0.3) is 0 Å². The van der Waals surface area contributed by atoms with E-state index in [4.69, 9.17) is 4.74 Å². The van der Waals surface area contributed by atoms with Gasteiger partial charge < -0.3 is 4.74 Å². The molecule has 2 fully saturated rings. The summed E-state index contributed by atoms with van der Waals surface area (Å²) in [5, 5.41) is 0. The van der Waals surface area contributed by atoms with E-state index < -0.39 is 0 Å². The van der Waals surface area contributed by atoms with Gasteiger partial charge in [-0.2, -0.15) is 0 Å². The highest BCUT2D eigenvalue weighted by molar-refractivity contribution is 4.97. The summed E-state index contributed by atoms with van der Waals surface area (Å²) < 4.78 is 5.95. The number of fused-ring (bicyclic) bond motifs is 2. The van der Waals surface area contributed by atoms with Gasteiger partial charge in [0.05, 0.1) is 12.2 Å². The van der Waals surface area contributed by atoms with Gasteiger partial charge in [0.15, 0.2) is 0 Å². The second-order valence-electron chi connectivity index (χ2n) is 5.91. The van der Waals surface area contributed by atoms with Crippen molar-refractivity contribution in [3.05, 3.63) is 0 Å². The second-order valence-corrected chi connectivity index (χ2v) is 5.91. The average Bonchev–Trinajstić information content (AvgIpc) is 2.44. The Hall–Kier alpha value is -0.0400. The third-order valence-electron chi connectivity index (χ3n) is 4.71. The van der Waals surface area contributed by atoms with Crippen LogP contribution < -0.4 is 0 Å². The van der Waals surface area contributed by atoms with E-state index in [9.17, 15) is 0 Å². The summed E-state index contributed by atoms with van der Waals surface area (Å²) in [5.74, 6) is 1.60. The van der Waals surface area contributed by atoms with Crippen molar-refractivity contribution in [1.82, 2.24) is 0 Å². The molecule has 0 spiro atoms. The van der Waals surface area contributed by atoms with Crippen molar-refractivity contribution in [2.75, 3.05) is 0 Å².